The lowest BCUT2D eigenvalue weighted by Crippen LogP contribution is -2.11. The van der Waals surface area contributed by atoms with E-state index in [9.17, 15) is 4.79 Å². The SMILES string of the molecule is Cc1cccc(-c2cc(C(C=NCc3ccccc3CC(=O)O)=NN)nc(N)n2)c1. The summed E-state index contributed by atoms with van der Waals surface area (Å²) in [4.78, 5) is 23.9. The predicted molar refractivity (Wildman–Crippen MR) is 117 cm³/mol. The van der Waals surface area contributed by atoms with Crippen molar-refractivity contribution in [3.8, 4) is 11.3 Å². The van der Waals surface area contributed by atoms with Crippen molar-refractivity contribution in [1.82, 2.24) is 9.97 Å². The third-order valence-electron chi connectivity index (χ3n) is 4.39. The zero-order valence-electron chi connectivity index (χ0n) is 16.5. The molecule has 0 radical (unpaired) electrons. The molecule has 0 saturated heterocycles. The summed E-state index contributed by atoms with van der Waals surface area (Å²) < 4.78 is 0. The van der Waals surface area contributed by atoms with Gasteiger partial charge in [0, 0.05) is 5.56 Å². The number of aliphatic imine (C=N–C) groups is 1. The molecule has 0 bridgehead atoms. The summed E-state index contributed by atoms with van der Waals surface area (Å²) in [5.41, 5.74) is 10.9. The minimum atomic E-state index is -0.893. The molecule has 1 aromatic heterocycles. The van der Waals surface area contributed by atoms with E-state index in [0.717, 1.165) is 16.7 Å². The van der Waals surface area contributed by atoms with E-state index in [4.69, 9.17) is 16.7 Å². The molecule has 8 heteroatoms. The number of anilines is 1. The molecule has 1 heterocycles. The van der Waals surface area contributed by atoms with Crippen LogP contribution in [0.5, 0.6) is 0 Å². The van der Waals surface area contributed by atoms with Crippen LogP contribution in [0.15, 0.2) is 64.7 Å². The van der Waals surface area contributed by atoms with Gasteiger partial charge in [-0.3, -0.25) is 9.79 Å². The molecule has 0 aliphatic rings. The number of hydrogen-bond donors (Lipinski definition) is 3. The molecule has 0 unspecified atom stereocenters. The van der Waals surface area contributed by atoms with Crippen molar-refractivity contribution in [2.45, 2.75) is 19.9 Å². The van der Waals surface area contributed by atoms with Crippen LogP contribution in [-0.2, 0) is 17.8 Å². The Morgan fingerprint density at radius 3 is 2.57 bits per heavy atom. The highest BCUT2D eigenvalue weighted by Gasteiger charge is 2.10. The number of aliphatic carboxylic acids is 1. The smallest absolute Gasteiger partial charge is 0.307 e. The Kier molecular flexibility index (Phi) is 6.49. The van der Waals surface area contributed by atoms with E-state index < -0.39 is 5.97 Å². The highest BCUT2D eigenvalue weighted by Crippen LogP contribution is 2.20. The number of carbonyl (C=O) groups is 1. The molecule has 30 heavy (non-hydrogen) atoms. The Bertz CT molecular complexity index is 1120. The number of nitrogens with two attached hydrogens (primary N) is 2. The lowest BCUT2D eigenvalue weighted by atomic mass is 10.0. The molecule has 0 spiro atoms. The summed E-state index contributed by atoms with van der Waals surface area (Å²) in [6.45, 7) is 2.28. The molecule has 0 saturated carbocycles. The molecule has 3 rings (SSSR count). The number of nitrogen functional groups attached to an aromatic ring is 1. The molecular formula is C22H22N6O2. The fourth-order valence-electron chi connectivity index (χ4n) is 2.99. The van der Waals surface area contributed by atoms with Crippen molar-refractivity contribution in [2.75, 3.05) is 5.73 Å². The van der Waals surface area contributed by atoms with E-state index in [1.165, 1.54) is 6.21 Å². The number of benzene rings is 2. The maximum atomic E-state index is 11.0. The Balaban J connectivity index is 1.84. The average Bonchev–Trinajstić information content (AvgIpc) is 2.71. The first-order valence-corrected chi connectivity index (χ1v) is 9.24. The first-order valence-electron chi connectivity index (χ1n) is 9.24. The second-order valence-corrected chi connectivity index (χ2v) is 6.69. The molecule has 0 aliphatic carbocycles. The Hall–Kier alpha value is -4.07. The highest BCUT2D eigenvalue weighted by atomic mass is 16.4. The number of carboxylic acid groups (broad SMARTS) is 1. The average molecular weight is 402 g/mol. The number of hydrazone groups is 1. The third kappa shape index (κ3) is 5.26. The van der Waals surface area contributed by atoms with E-state index in [-0.39, 0.29) is 18.9 Å². The Morgan fingerprint density at radius 1 is 1.10 bits per heavy atom. The van der Waals surface area contributed by atoms with Gasteiger partial charge in [-0.05, 0) is 30.2 Å². The largest absolute Gasteiger partial charge is 0.481 e. The van der Waals surface area contributed by atoms with Crippen molar-refractivity contribution in [3.63, 3.8) is 0 Å². The summed E-state index contributed by atoms with van der Waals surface area (Å²) >= 11 is 0. The monoisotopic (exact) mass is 402 g/mol. The minimum Gasteiger partial charge on any atom is -0.481 e. The molecule has 3 aromatic rings. The maximum Gasteiger partial charge on any atom is 0.307 e. The van der Waals surface area contributed by atoms with Crippen LogP contribution in [0.1, 0.15) is 22.4 Å². The fourth-order valence-corrected chi connectivity index (χ4v) is 2.99. The number of carboxylic acids is 1. The highest BCUT2D eigenvalue weighted by molar-refractivity contribution is 6.37. The maximum absolute atomic E-state index is 11.0. The van der Waals surface area contributed by atoms with E-state index >= 15 is 0 Å². The molecule has 0 amide bonds. The van der Waals surface area contributed by atoms with E-state index in [1.807, 2.05) is 43.3 Å². The molecule has 0 atom stereocenters. The van der Waals surface area contributed by atoms with Crippen LogP contribution >= 0.6 is 0 Å². The van der Waals surface area contributed by atoms with Crippen LogP contribution in [0.4, 0.5) is 5.95 Å². The molecule has 8 nitrogen and oxygen atoms in total. The van der Waals surface area contributed by atoms with Crippen LogP contribution in [0.25, 0.3) is 11.3 Å². The van der Waals surface area contributed by atoms with E-state index in [0.29, 0.717) is 22.7 Å². The van der Waals surface area contributed by atoms with Gasteiger partial charge in [-0.15, -0.1) is 0 Å². The molecule has 152 valence electrons. The summed E-state index contributed by atoms with van der Waals surface area (Å²) in [5, 5.41) is 12.8. The summed E-state index contributed by atoms with van der Waals surface area (Å²) in [5.74, 6) is 4.77. The number of nitrogens with zero attached hydrogens (tertiary/aromatic N) is 4. The minimum absolute atomic E-state index is 0.0637. The zero-order valence-corrected chi connectivity index (χ0v) is 16.5. The number of aromatic nitrogens is 2. The van der Waals surface area contributed by atoms with Gasteiger partial charge in [-0.2, -0.15) is 5.10 Å². The van der Waals surface area contributed by atoms with Crippen LogP contribution in [0.2, 0.25) is 0 Å². The van der Waals surface area contributed by atoms with Crippen LogP contribution in [-0.4, -0.2) is 33.0 Å². The van der Waals surface area contributed by atoms with Crippen LogP contribution in [0.3, 0.4) is 0 Å². The summed E-state index contributed by atoms with van der Waals surface area (Å²) in [6, 6.07) is 16.9. The topological polar surface area (TPSA) is 140 Å². The lowest BCUT2D eigenvalue weighted by Gasteiger charge is -2.07. The van der Waals surface area contributed by atoms with Gasteiger partial charge in [0.2, 0.25) is 5.95 Å². The normalized spacial score (nSPS) is 11.7. The lowest BCUT2D eigenvalue weighted by molar-refractivity contribution is -0.136. The molecule has 2 aromatic carbocycles. The van der Waals surface area contributed by atoms with E-state index in [2.05, 4.69) is 20.1 Å². The van der Waals surface area contributed by atoms with Gasteiger partial charge in [-0.25, -0.2) is 9.97 Å². The summed E-state index contributed by atoms with van der Waals surface area (Å²) in [6.07, 6.45) is 1.44. The second-order valence-electron chi connectivity index (χ2n) is 6.69. The van der Waals surface area contributed by atoms with Gasteiger partial charge in [0.15, 0.2) is 0 Å². The first-order chi connectivity index (χ1) is 14.5. The molecule has 5 N–H and O–H groups in total. The zero-order chi connectivity index (χ0) is 21.5. The number of hydrogen-bond acceptors (Lipinski definition) is 7. The van der Waals surface area contributed by atoms with Crippen molar-refractivity contribution >= 4 is 23.8 Å². The van der Waals surface area contributed by atoms with Crippen molar-refractivity contribution < 1.29 is 9.90 Å². The van der Waals surface area contributed by atoms with Gasteiger partial charge < -0.3 is 16.7 Å². The second kappa shape index (κ2) is 9.42. The van der Waals surface area contributed by atoms with Crippen LogP contribution < -0.4 is 11.6 Å². The Labute approximate surface area is 174 Å². The van der Waals surface area contributed by atoms with Crippen molar-refractivity contribution in [2.24, 2.45) is 15.9 Å². The van der Waals surface area contributed by atoms with Gasteiger partial charge in [0.25, 0.3) is 0 Å². The molecule has 0 fully saturated rings. The third-order valence-corrected chi connectivity index (χ3v) is 4.39. The predicted octanol–water partition coefficient (Wildman–Crippen LogP) is 2.60. The van der Waals surface area contributed by atoms with Crippen molar-refractivity contribution in [3.05, 3.63) is 77.0 Å². The van der Waals surface area contributed by atoms with Gasteiger partial charge in [-0.1, -0.05) is 48.0 Å². The summed E-state index contributed by atoms with van der Waals surface area (Å²) in [7, 11) is 0. The fraction of sp³-hybridized carbons (Fsp3) is 0.136. The molecule has 0 aliphatic heterocycles. The van der Waals surface area contributed by atoms with E-state index in [1.54, 1.807) is 18.2 Å². The van der Waals surface area contributed by atoms with Gasteiger partial charge >= 0.3 is 5.97 Å². The standard InChI is InChI=1S/C22H22N6O2/c1-14-5-4-8-16(9-14)18-11-19(27-22(23)26-18)20(28-24)13-25-12-17-7-3-2-6-15(17)10-21(29)30/h2-9,11,13H,10,12,24H2,1H3,(H,29,30)(H2,23,26,27). The van der Waals surface area contributed by atoms with Crippen molar-refractivity contribution in [1.29, 1.82) is 0 Å². The quantitative estimate of drug-likeness (QED) is 0.315. The van der Waals surface area contributed by atoms with Crippen LogP contribution in [0, 0.1) is 6.92 Å². The number of rotatable bonds is 7. The molecular weight excluding hydrogens is 380 g/mol. The Morgan fingerprint density at radius 2 is 1.87 bits per heavy atom. The first kappa shape index (κ1) is 20.7. The van der Waals surface area contributed by atoms with Gasteiger partial charge in [0.05, 0.1) is 30.6 Å². The number of aryl methyl sites for hydroxylation is 1. The van der Waals surface area contributed by atoms with Gasteiger partial charge in [0.1, 0.15) is 5.71 Å².